The maximum absolute atomic E-state index is 6.17. The van der Waals surface area contributed by atoms with Crippen molar-refractivity contribution in [3.05, 3.63) is 65.2 Å². The van der Waals surface area contributed by atoms with E-state index in [0.717, 1.165) is 37.5 Å². The summed E-state index contributed by atoms with van der Waals surface area (Å²) in [5.41, 5.74) is 4.53. The molecule has 0 aromatic heterocycles. The molecule has 1 heterocycles. The molecule has 1 aliphatic carbocycles. The van der Waals surface area contributed by atoms with Crippen molar-refractivity contribution in [1.29, 1.82) is 0 Å². The number of hydrogen-bond donors (Lipinski definition) is 0. The fraction of sp³-hybridized carbons (Fsp3) is 0.500. The summed E-state index contributed by atoms with van der Waals surface area (Å²) >= 11 is 0. The van der Waals surface area contributed by atoms with Crippen LogP contribution in [-0.2, 0) is 19.3 Å². The molecule has 2 heteroatoms. The van der Waals surface area contributed by atoms with E-state index in [4.69, 9.17) is 4.74 Å². The van der Waals surface area contributed by atoms with E-state index in [0.29, 0.717) is 0 Å². The molecule has 2 aliphatic rings. The lowest BCUT2D eigenvalue weighted by atomic mass is 9.91. The third kappa shape index (κ3) is 4.48. The summed E-state index contributed by atoms with van der Waals surface area (Å²) in [6.07, 6.45) is 5.82. The summed E-state index contributed by atoms with van der Waals surface area (Å²) in [6.45, 7) is 5.63. The number of nitrogens with zero attached hydrogens (tertiary/aromatic N) is 1. The standard InChI is InChI=1S/C14H21NO.C10H12/c1-4-14(9-10-15(2)3)11-12-7-5-6-8-13(12)16-14;1-8-6-9-4-2-3-5-10(9)7-8/h5-8H,4,9-11H2,1-3H3;2-5,8H,6-7H2,1H3. The van der Waals surface area contributed by atoms with Crippen LogP contribution in [0.2, 0.25) is 0 Å². The van der Waals surface area contributed by atoms with Gasteiger partial charge in [0.25, 0.3) is 0 Å². The molecular formula is C24H33NO. The van der Waals surface area contributed by atoms with Crippen molar-refractivity contribution < 1.29 is 4.74 Å². The molecule has 0 bridgehead atoms. The van der Waals surface area contributed by atoms with Crippen LogP contribution in [0.4, 0.5) is 0 Å². The summed E-state index contributed by atoms with van der Waals surface area (Å²) in [4.78, 5) is 2.23. The average Bonchev–Trinajstić information content (AvgIpc) is 3.20. The summed E-state index contributed by atoms with van der Waals surface area (Å²) in [7, 11) is 4.23. The lowest BCUT2D eigenvalue weighted by Gasteiger charge is -2.28. The number of hydrogen-bond acceptors (Lipinski definition) is 2. The van der Waals surface area contributed by atoms with Crippen molar-refractivity contribution in [2.24, 2.45) is 5.92 Å². The fourth-order valence-electron chi connectivity index (χ4n) is 4.09. The first-order valence-electron chi connectivity index (χ1n) is 10.00. The van der Waals surface area contributed by atoms with E-state index in [1.165, 1.54) is 18.4 Å². The van der Waals surface area contributed by atoms with Gasteiger partial charge in [-0.2, -0.15) is 0 Å². The Morgan fingerprint density at radius 3 is 2.08 bits per heavy atom. The van der Waals surface area contributed by atoms with Crippen LogP contribution in [0.15, 0.2) is 48.5 Å². The maximum atomic E-state index is 6.17. The molecule has 2 nitrogen and oxygen atoms in total. The Bertz CT molecular complexity index is 672. The Balaban J connectivity index is 0.000000167. The van der Waals surface area contributed by atoms with Crippen molar-refractivity contribution in [1.82, 2.24) is 4.90 Å². The predicted octanol–water partition coefficient (Wildman–Crippen LogP) is 5.14. The number of ether oxygens (including phenoxy) is 1. The first kappa shape index (κ1) is 19.0. The topological polar surface area (TPSA) is 12.5 Å². The van der Waals surface area contributed by atoms with E-state index >= 15 is 0 Å². The van der Waals surface area contributed by atoms with E-state index < -0.39 is 0 Å². The van der Waals surface area contributed by atoms with Gasteiger partial charge in [0, 0.05) is 19.4 Å². The SMILES string of the molecule is CC1Cc2ccccc2C1.CCC1(CCN(C)C)Cc2ccccc2O1. The number of fused-ring (bicyclic) bond motifs is 2. The van der Waals surface area contributed by atoms with Crippen LogP contribution in [0.3, 0.4) is 0 Å². The van der Waals surface area contributed by atoms with Gasteiger partial charge in [0.15, 0.2) is 0 Å². The minimum Gasteiger partial charge on any atom is -0.487 e. The van der Waals surface area contributed by atoms with Crippen LogP contribution in [0.1, 0.15) is 43.4 Å². The zero-order valence-corrected chi connectivity index (χ0v) is 16.8. The lowest BCUT2D eigenvalue weighted by Crippen LogP contribution is -2.37. The second-order valence-corrected chi connectivity index (χ2v) is 8.26. The van der Waals surface area contributed by atoms with Gasteiger partial charge in [-0.25, -0.2) is 0 Å². The third-order valence-corrected chi connectivity index (χ3v) is 5.73. The summed E-state index contributed by atoms with van der Waals surface area (Å²) in [5.74, 6) is 1.96. The highest BCUT2D eigenvalue weighted by Crippen LogP contribution is 2.38. The van der Waals surface area contributed by atoms with E-state index in [1.54, 1.807) is 11.1 Å². The minimum atomic E-state index is 0.0357. The first-order valence-corrected chi connectivity index (χ1v) is 10.00. The van der Waals surface area contributed by atoms with E-state index in [9.17, 15) is 0 Å². The highest BCUT2D eigenvalue weighted by molar-refractivity contribution is 5.39. The first-order chi connectivity index (χ1) is 12.5. The normalized spacial score (nSPS) is 21.0. The Morgan fingerprint density at radius 2 is 1.54 bits per heavy atom. The molecule has 140 valence electrons. The second kappa shape index (κ2) is 8.26. The maximum Gasteiger partial charge on any atom is 0.123 e. The van der Waals surface area contributed by atoms with Crippen LogP contribution in [0.25, 0.3) is 0 Å². The van der Waals surface area contributed by atoms with Gasteiger partial charge in [-0.3, -0.25) is 0 Å². The van der Waals surface area contributed by atoms with Crippen LogP contribution in [-0.4, -0.2) is 31.1 Å². The molecule has 26 heavy (non-hydrogen) atoms. The molecule has 2 aromatic carbocycles. The molecule has 0 amide bonds. The quantitative estimate of drug-likeness (QED) is 0.756. The summed E-state index contributed by atoms with van der Waals surface area (Å²) in [6, 6.07) is 17.2. The largest absolute Gasteiger partial charge is 0.487 e. The predicted molar refractivity (Wildman–Crippen MR) is 110 cm³/mol. The zero-order valence-electron chi connectivity index (χ0n) is 16.8. The second-order valence-electron chi connectivity index (χ2n) is 8.26. The molecule has 1 atom stereocenters. The molecule has 4 rings (SSSR count). The number of benzene rings is 2. The number of para-hydroxylation sites is 1. The molecular weight excluding hydrogens is 318 g/mol. The van der Waals surface area contributed by atoms with Crippen LogP contribution in [0, 0.1) is 5.92 Å². The summed E-state index contributed by atoms with van der Waals surface area (Å²) in [5, 5.41) is 0. The Morgan fingerprint density at radius 1 is 0.962 bits per heavy atom. The van der Waals surface area contributed by atoms with Gasteiger partial charge < -0.3 is 9.64 Å². The monoisotopic (exact) mass is 351 g/mol. The molecule has 0 fully saturated rings. The fourth-order valence-corrected chi connectivity index (χ4v) is 4.09. The molecule has 2 aromatic rings. The lowest BCUT2D eigenvalue weighted by molar-refractivity contribution is 0.0717. The van der Waals surface area contributed by atoms with E-state index in [2.05, 4.69) is 81.4 Å². The van der Waals surface area contributed by atoms with Crippen LogP contribution >= 0.6 is 0 Å². The van der Waals surface area contributed by atoms with Crippen LogP contribution < -0.4 is 4.74 Å². The van der Waals surface area contributed by atoms with Crippen molar-refractivity contribution >= 4 is 0 Å². The molecule has 0 spiro atoms. The Kier molecular flexibility index (Phi) is 6.03. The molecule has 0 N–H and O–H groups in total. The van der Waals surface area contributed by atoms with E-state index in [1.807, 2.05) is 0 Å². The molecule has 1 aliphatic heterocycles. The smallest absolute Gasteiger partial charge is 0.123 e. The van der Waals surface area contributed by atoms with E-state index in [-0.39, 0.29) is 5.60 Å². The average molecular weight is 352 g/mol. The third-order valence-electron chi connectivity index (χ3n) is 5.73. The summed E-state index contributed by atoms with van der Waals surface area (Å²) < 4.78 is 6.17. The van der Waals surface area contributed by atoms with Crippen molar-refractivity contribution in [2.75, 3.05) is 20.6 Å². The van der Waals surface area contributed by atoms with Crippen molar-refractivity contribution in [3.63, 3.8) is 0 Å². The molecule has 0 radical (unpaired) electrons. The van der Waals surface area contributed by atoms with Gasteiger partial charge in [-0.15, -0.1) is 0 Å². The van der Waals surface area contributed by atoms with Gasteiger partial charge in [-0.05, 0) is 62.0 Å². The molecule has 0 saturated carbocycles. The molecule has 1 unspecified atom stereocenters. The van der Waals surface area contributed by atoms with Crippen molar-refractivity contribution in [2.45, 2.75) is 51.6 Å². The van der Waals surface area contributed by atoms with Gasteiger partial charge in [-0.1, -0.05) is 56.3 Å². The van der Waals surface area contributed by atoms with Gasteiger partial charge in [0.1, 0.15) is 11.4 Å². The highest BCUT2D eigenvalue weighted by atomic mass is 16.5. The van der Waals surface area contributed by atoms with Gasteiger partial charge in [0.2, 0.25) is 0 Å². The van der Waals surface area contributed by atoms with Gasteiger partial charge >= 0.3 is 0 Å². The zero-order chi connectivity index (χ0) is 18.6. The van der Waals surface area contributed by atoms with Gasteiger partial charge in [0.05, 0.1) is 0 Å². The minimum absolute atomic E-state index is 0.0357. The highest BCUT2D eigenvalue weighted by Gasteiger charge is 2.37. The Labute approximate surface area is 159 Å². The number of rotatable bonds is 4. The van der Waals surface area contributed by atoms with Crippen LogP contribution in [0.5, 0.6) is 5.75 Å². The van der Waals surface area contributed by atoms with Crippen molar-refractivity contribution in [3.8, 4) is 5.75 Å². The molecule has 0 saturated heterocycles. The Hall–Kier alpha value is -1.80.